The number of anilines is 2. The van der Waals surface area contributed by atoms with Crippen LogP contribution in [0.25, 0.3) is 5.65 Å². The second-order valence-corrected chi connectivity index (χ2v) is 10.4. The second-order valence-electron chi connectivity index (χ2n) is 9.57. The van der Waals surface area contributed by atoms with Crippen molar-refractivity contribution in [3.8, 4) is 0 Å². The molecule has 9 heteroatoms. The molecule has 0 radical (unpaired) electrons. The van der Waals surface area contributed by atoms with Gasteiger partial charge >= 0.3 is 6.09 Å². The zero-order chi connectivity index (χ0) is 23.6. The number of aryl methyl sites for hydroxylation is 1. The molecule has 4 rings (SSSR count). The number of rotatable bonds is 5. The van der Waals surface area contributed by atoms with Gasteiger partial charge in [0, 0.05) is 30.4 Å². The number of nitrogens with zero attached hydrogens (tertiary/aromatic N) is 4. The minimum atomic E-state index is -0.567. The van der Waals surface area contributed by atoms with E-state index in [9.17, 15) is 4.79 Å². The van der Waals surface area contributed by atoms with Gasteiger partial charge in [-0.3, -0.25) is 5.32 Å². The smallest absolute Gasteiger partial charge is 0.413 e. The maximum atomic E-state index is 12.1. The van der Waals surface area contributed by atoms with E-state index in [1.165, 1.54) is 32.1 Å². The summed E-state index contributed by atoms with van der Waals surface area (Å²) in [7, 11) is 0. The monoisotopic (exact) mass is 514 g/mol. The van der Waals surface area contributed by atoms with Crippen LogP contribution in [0.15, 0.2) is 28.9 Å². The standard InChI is InChI=1S/C24H31BrN6O2/c1-15-21(25)22-28-18(17-8-6-5-7-9-17)13-20(31(22)30-15)27-14-16-10-11-26-19(12-16)29-23(32)33-24(2,3)4/h10-13,17,27H,5-9,14H2,1-4H3,(H,26,29,32). The van der Waals surface area contributed by atoms with Crippen LogP contribution in [0, 0.1) is 6.92 Å². The van der Waals surface area contributed by atoms with Crippen LogP contribution in [-0.4, -0.2) is 31.3 Å². The van der Waals surface area contributed by atoms with Crippen LogP contribution in [0.5, 0.6) is 0 Å². The fourth-order valence-corrected chi connectivity index (χ4v) is 4.44. The molecule has 3 aromatic rings. The zero-order valence-corrected chi connectivity index (χ0v) is 21.2. The van der Waals surface area contributed by atoms with Gasteiger partial charge in [0.05, 0.1) is 10.2 Å². The van der Waals surface area contributed by atoms with E-state index in [1.54, 1.807) is 6.20 Å². The molecule has 1 amide bonds. The Hall–Kier alpha value is -2.68. The Labute approximate surface area is 202 Å². The van der Waals surface area contributed by atoms with E-state index >= 15 is 0 Å². The third-order valence-corrected chi connectivity index (χ3v) is 6.59. The van der Waals surface area contributed by atoms with Crippen LogP contribution in [-0.2, 0) is 11.3 Å². The highest BCUT2D eigenvalue weighted by Gasteiger charge is 2.21. The molecule has 2 N–H and O–H groups in total. The molecule has 1 saturated carbocycles. The number of aromatic nitrogens is 4. The number of fused-ring (bicyclic) bond motifs is 1. The number of carbonyl (C=O) groups is 1. The van der Waals surface area contributed by atoms with Crippen LogP contribution < -0.4 is 10.6 Å². The molecule has 0 bridgehead atoms. The van der Waals surface area contributed by atoms with Crippen LogP contribution in [0.3, 0.4) is 0 Å². The summed E-state index contributed by atoms with van der Waals surface area (Å²) in [6.45, 7) is 8.00. The second kappa shape index (κ2) is 9.67. The van der Waals surface area contributed by atoms with Crippen LogP contribution in [0.4, 0.5) is 16.4 Å². The maximum Gasteiger partial charge on any atom is 0.413 e. The summed E-state index contributed by atoms with van der Waals surface area (Å²) < 4.78 is 8.10. The summed E-state index contributed by atoms with van der Waals surface area (Å²) >= 11 is 3.66. The van der Waals surface area contributed by atoms with E-state index in [0.717, 1.165) is 32.9 Å². The van der Waals surface area contributed by atoms with Crippen molar-refractivity contribution in [1.29, 1.82) is 0 Å². The van der Waals surface area contributed by atoms with Crippen molar-refractivity contribution >= 4 is 39.3 Å². The number of halogens is 1. The van der Waals surface area contributed by atoms with E-state index in [1.807, 2.05) is 44.3 Å². The molecule has 1 aliphatic carbocycles. The summed E-state index contributed by atoms with van der Waals surface area (Å²) in [5, 5.41) is 10.9. The van der Waals surface area contributed by atoms with Gasteiger partial charge in [-0.1, -0.05) is 19.3 Å². The number of ether oxygens (including phenoxy) is 1. The third kappa shape index (κ3) is 5.82. The molecule has 0 saturated heterocycles. The predicted octanol–water partition coefficient (Wildman–Crippen LogP) is 6.20. The Bertz CT molecular complexity index is 1150. The quantitative estimate of drug-likeness (QED) is 0.420. The van der Waals surface area contributed by atoms with E-state index in [-0.39, 0.29) is 0 Å². The largest absolute Gasteiger partial charge is 0.444 e. The lowest BCUT2D eigenvalue weighted by molar-refractivity contribution is 0.0635. The van der Waals surface area contributed by atoms with E-state index in [4.69, 9.17) is 9.72 Å². The molecule has 1 aliphatic rings. The van der Waals surface area contributed by atoms with Gasteiger partial charge in [-0.25, -0.2) is 14.8 Å². The first-order chi connectivity index (χ1) is 15.7. The molecule has 0 aliphatic heterocycles. The molecule has 0 aromatic carbocycles. The fraction of sp³-hybridized carbons (Fsp3) is 0.500. The Kier molecular flexibility index (Phi) is 6.88. The van der Waals surface area contributed by atoms with E-state index < -0.39 is 11.7 Å². The lowest BCUT2D eigenvalue weighted by Gasteiger charge is -2.22. The van der Waals surface area contributed by atoms with Crippen molar-refractivity contribution in [2.75, 3.05) is 10.6 Å². The van der Waals surface area contributed by atoms with Gasteiger partial charge < -0.3 is 10.1 Å². The van der Waals surface area contributed by atoms with Gasteiger partial charge in [0.2, 0.25) is 0 Å². The summed E-state index contributed by atoms with van der Waals surface area (Å²) in [4.78, 5) is 21.3. The topological polar surface area (TPSA) is 93.4 Å². The molecule has 3 aromatic heterocycles. The number of pyridine rings is 1. The van der Waals surface area contributed by atoms with Crippen LogP contribution >= 0.6 is 15.9 Å². The molecule has 0 atom stereocenters. The molecule has 33 heavy (non-hydrogen) atoms. The lowest BCUT2D eigenvalue weighted by Crippen LogP contribution is -2.27. The Morgan fingerprint density at radius 1 is 1.24 bits per heavy atom. The SMILES string of the molecule is Cc1nn2c(NCc3ccnc(NC(=O)OC(C)(C)C)c3)cc(C3CCCCC3)nc2c1Br. The molecular formula is C24H31BrN6O2. The van der Waals surface area contributed by atoms with E-state index in [2.05, 4.69) is 42.7 Å². The summed E-state index contributed by atoms with van der Waals surface area (Å²) in [6.07, 6.45) is 7.32. The average molecular weight is 515 g/mol. The molecule has 1 fully saturated rings. The Morgan fingerprint density at radius 2 is 2.00 bits per heavy atom. The fourth-order valence-electron chi connectivity index (χ4n) is 4.10. The molecule has 0 spiro atoms. The van der Waals surface area contributed by atoms with Crippen molar-refractivity contribution < 1.29 is 9.53 Å². The van der Waals surface area contributed by atoms with Crippen molar-refractivity contribution in [2.24, 2.45) is 0 Å². The summed E-state index contributed by atoms with van der Waals surface area (Å²) in [5.41, 5.74) is 3.26. The minimum Gasteiger partial charge on any atom is -0.444 e. The van der Waals surface area contributed by atoms with Gasteiger partial charge in [-0.05, 0) is 74.2 Å². The van der Waals surface area contributed by atoms with Crippen molar-refractivity contribution in [1.82, 2.24) is 19.6 Å². The number of amides is 1. The maximum absolute atomic E-state index is 12.1. The Balaban J connectivity index is 1.54. The summed E-state index contributed by atoms with van der Waals surface area (Å²) in [5.74, 6) is 1.83. The molecule has 176 valence electrons. The number of nitrogens with one attached hydrogen (secondary N) is 2. The van der Waals surface area contributed by atoms with E-state index in [0.29, 0.717) is 18.3 Å². The Morgan fingerprint density at radius 3 is 2.73 bits per heavy atom. The zero-order valence-electron chi connectivity index (χ0n) is 19.6. The number of carbonyl (C=O) groups excluding carboxylic acids is 1. The lowest BCUT2D eigenvalue weighted by atomic mass is 9.87. The molecular weight excluding hydrogens is 484 g/mol. The van der Waals surface area contributed by atoms with Gasteiger partial charge in [-0.2, -0.15) is 9.61 Å². The van der Waals surface area contributed by atoms with Crippen LogP contribution in [0.1, 0.15) is 75.7 Å². The van der Waals surface area contributed by atoms with Gasteiger partial charge in [0.15, 0.2) is 5.65 Å². The first-order valence-corrected chi connectivity index (χ1v) is 12.2. The normalized spacial score (nSPS) is 14.9. The van der Waals surface area contributed by atoms with Gasteiger partial charge in [0.1, 0.15) is 17.2 Å². The van der Waals surface area contributed by atoms with Crippen molar-refractivity contribution in [3.63, 3.8) is 0 Å². The molecule has 8 nitrogen and oxygen atoms in total. The van der Waals surface area contributed by atoms with Gasteiger partial charge in [-0.15, -0.1) is 0 Å². The highest BCUT2D eigenvalue weighted by molar-refractivity contribution is 9.10. The first-order valence-electron chi connectivity index (χ1n) is 11.4. The number of hydrogen-bond donors (Lipinski definition) is 2. The van der Waals surface area contributed by atoms with Crippen LogP contribution in [0.2, 0.25) is 0 Å². The number of hydrogen-bond acceptors (Lipinski definition) is 6. The minimum absolute atomic E-state index is 0.448. The van der Waals surface area contributed by atoms with Crippen molar-refractivity contribution in [2.45, 2.75) is 77.9 Å². The molecule has 3 heterocycles. The first kappa shape index (κ1) is 23.5. The average Bonchev–Trinajstić information content (AvgIpc) is 3.05. The highest BCUT2D eigenvalue weighted by Crippen LogP contribution is 2.34. The van der Waals surface area contributed by atoms with Gasteiger partial charge in [0.25, 0.3) is 0 Å². The van der Waals surface area contributed by atoms with Crippen molar-refractivity contribution in [3.05, 3.63) is 45.8 Å². The predicted molar refractivity (Wildman–Crippen MR) is 133 cm³/mol. The summed E-state index contributed by atoms with van der Waals surface area (Å²) in [6, 6.07) is 5.88. The molecule has 0 unspecified atom stereocenters. The third-order valence-electron chi connectivity index (χ3n) is 5.66. The highest BCUT2D eigenvalue weighted by atomic mass is 79.9.